The summed E-state index contributed by atoms with van der Waals surface area (Å²) in [4.78, 5) is 4.37. The van der Waals surface area contributed by atoms with Gasteiger partial charge in [-0.1, -0.05) is 31.9 Å². The molecule has 1 aromatic heterocycles. The predicted molar refractivity (Wildman–Crippen MR) is 87.2 cm³/mol. The summed E-state index contributed by atoms with van der Waals surface area (Å²) >= 11 is 0. The fourth-order valence-electron chi connectivity index (χ4n) is 3.79. The first-order valence-corrected chi connectivity index (χ1v) is 8.28. The van der Waals surface area contributed by atoms with E-state index in [1.165, 1.54) is 36.6 Å². The number of nitrogens with zero attached hydrogens (tertiary/aromatic N) is 1. The van der Waals surface area contributed by atoms with E-state index in [0.717, 1.165) is 24.3 Å². The van der Waals surface area contributed by atoms with Gasteiger partial charge in [-0.2, -0.15) is 0 Å². The molecule has 1 aliphatic carbocycles. The molecule has 1 heterocycles. The summed E-state index contributed by atoms with van der Waals surface area (Å²) in [6, 6.07) is 10.6. The molecule has 2 nitrogen and oxygen atoms in total. The summed E-state index contributed by atoms with van der Waals surface area (Å²) in [5.41, 5.74) is 2.38. The Kier molecular flexibility index (Phi) is 4.54. The number of rotatable bonds is 4. The first-order valence-electron chi connectivity index (χ1n) is 8.28. The van der Waals surface area contributed by atoms with E-state index in [2.05, 4.69) is 36.2 Å². The lowest BCUT2D eigenvalue weighted by Crippen LogP contribution is -2.30. The van der Waals surface area contributed by atoms with Gasteiger partial charge in [-0.3, -0.25) is 4.98 Å². The van der Waals surface area contributed by atoms with Gasteiger partial charge in [0, 0.05) is 11.6 Å². The molecule has 1 fully saturated rings. The molecule has 0 aliphatic heterocycles. The zero-order valence-corrected chi connectivity index (χ0v) is 12.8. The maximum absolute atomic E-state index is 10.3. The Labute approximate surface area is 127 Å². The molecule has 0 bridgehead atoms. The van der Waals surface area contributed by atoms with Gasteiger partial charge in [-0.15, -0.1) is 0 Å². The van der Waals surface area contributed by atoms with E-state index in [0.29, 0.717) is 5.92 Å². The van der Waals surface area contributed by atoms with Gasteiger partial charge in [-0.25, -0.2) is 0 Å². The minimum absolute atomic E-state index is 0.122. The molecule has 1 aliphatic rings. The van der Waals surface area contributed by atoms with E-state index in [-0.39, 0.29) is 6.10 Å². The summed E-state index contributed by atoms with van der Waals surface area (Å²) in [5.74, 6) is 1.23. The van der Waals surface area contributed by atoms with Crippen LogP contribution in [0.1, 0.15) is 44.6 Å². The molecule has 1 aromatic carbocycles. The van der Waals surface area contributed by atoms with Gasteiger partial charge in [-0.05, 0) is 61.3 Å². The lowest BCUT2D eigenvalue weighted by Gasteiger charge is -2.33. The molecule has 2 aromatic rings. The molecule has 0 amide bonds. The van der Waals surface area contributed by atoms with Crippen molar-refractivity contribution >= 4 is 10.9 Å². The summed E-state index contributed by atoms with van der Waals surface area (Å²) in [7, 11) is 0. The number of aliphatic hydroxyl groups is 1. The number of fused-ring (bicyclic) bond motifs is 1. The summed E-state index contributed by atoms with van der Waals surface area (Å²) < 4.78 is 0. The van der Waals surface area contributed by atoms with Gasteiger partial charge >= 0.3 is 0 Å². The number of benzene rings is 1. The first kappa shape index (κ1) is 14.5. The molecule has 0 radical (unpaired) electrons. The van der Waals surface area contributed by atoms with Crippen LogP contribution in [0.25, 0.3) is 10.9 Å². The lowest BCUT2D eigenvalue weighted by molar-refractivity contribution is 0.0463. The van der Waals surface area contributed by atoms with Gasteiger partial charge in [0.2, 0.25) is 0 Å². The van der Waals surface area contributed by atoms with Crippen LogP contribution in [0, 0.1) is 11.8 Å². The second kappa shape index (κ2) is 6.57. The molecule has 0 saturated heterocycles. The van der Waals surface area contributed by atoms with Crippen molar-refractivity contribution in [3.05, 3.63) is 42.1 Å². The van der Waals surface area contributed by atoms with Crippen molar-refractivity contribution in [1.82, 2.24) is 4.98 Å². The van der Waals surface area contributed by atoms with Gasteiger partial charge < -0.3 is 5.11 Å². The standard InChI is InChI=1S/C19H25NO/c1-2-4-14-7-9-19(21)17(11-14)13-15-6-8-18-16(12-15)5-3-10-20-18/h3,5-6,8,10,12,14,17,19,21H,2,4,7,9,11,13H2,1H3. The van der Waals surface area contributed by atoms with Crippen LogP contribution < -0.4 is 0 Å². The Balaban J connectivity index is 1.73. The highest BCUT2D eigenvalue weighted by molar-refractivity contribution is 5.78. The van der Waals surface area contributed by atoms with Crippen LogP contribution in [-0.2, 0) is 6.42 Å². The fourth-order valence-corrected chi connectivity index (χ4v) is 3.79. The summed E-state index contributed by atoms with van der Waals surface area (Å²) in [5, 5.41) is 11.5. The van der Waals surface area contributed by atoms with Crippen molar-refractivity contribution in [1.29, 1.82) is 0 Å². The highest BCUT2D eigenvalue weighted by Gasteiger charge is 2.28. The fraction of sp³-hybridized carbons (Fsp3) is 0.526. The van der Waals surface area contributed by atoms with Gasteiger partial charge in [0.25, 0.3) is 0 Å². The third kappa shape index (κ3) is 3.44. The van der Waals surface area contributed by atoms with Crippen molar-refractivity contribution in [2.24, 2.45) is 11.8 Å². The van der Waals surface area contributed by atoms with Crippen LogP contribution in [0.15, 0.2) is 36.5 Å². The van der Waals surface area contributed by atoms with Crippen LogP contribution in [-0.4, -0.2) is 16.2 Å². The van der Waals surface area contributed by atoms with E-state index in [9.17, 15) is 5.11 Å². The van der Waals surface area contributed by atoms with E-state index in [1.54, 1.807) is 0 Å². The number of aromatic nitrogens is 1. The Morgan fingerprint density at radius 1 is 1.24 bits per heavy atom. The zero-order valence-electron chi connectivity index (χ0n) is 12.8. The van der Waals surface area contributed by atoms with E-state index in [1.807, 2.05) is 12.3 Å². The second-order valence-electron chi connectivity index (χ2n) is 6.53. The minimum atomic E-state index is -0.122. The quantitative estimate of drug-likeness (QED) is 0.904. The molecule has 3 atom stereocenters. The van der Waals surface area contributed by atoms with Crippen LogP contribution in [0.4, 0.5) is 0 Å². The van der Waals surface area contributed by atoms with E-state index < -0.39 is 0 Å². The predicted octanol–water partition coefficient (Wildman–Crippen LogP) is 4.35. The number of hydrogen-bond donors (Lipinski definition) is 1. The molecule has 112 valence electrons. The maximum atomic E-state index is 10.3. The Hall–Kier alpha value is -1.41. The van der Waals surface area contributed by atoms with Gasteiger partial charge in [0.05, 0.1) is 11.6 Å². The maximum Gasteiger partial charge on any atom is 0.0702 e. The van der Waals surface area contributed by atoms with Gasteiger partial charge in [0.1, 0.15) is 0 Å². The third-order valence-corrected chi connectivity index (χ3v) is 4.91. The van der Waals surface area contributed by atoms with Crippen molar-refractivity contribution in [3.63, 3.8) is 0 Å². The Morgan fingerprint density at radius 2 is 2.14 bits per heavy atom. The lowest BCUT2D eigenvalue weighted by atomic mass is 9.75. The van der Waals surface area contributed by atoms with Crippen LogP contribution in [0.2, 0.25) is 0 Å². The Bertz CT molecular complexity index is 595. The molecule has 3 rings (SSSR count). The average Bonchev–Trinajstić information content (AvgIpc) is 2.51. The minimum Gasteiger partial charge on any atom is -0.393 e. The molecular weight excluding hydrogens is 258 g/mol. The van der Waals surface area contributed by atoms with Crippen molar-refractivity contribution in [3.8, 4) is 0 Å². The molecule has 3 unspecified atom stereocenters. The Morgan fingerprint density at radius 3 is 3.00 bits per heavy atom. The largest absolute Gasteiger partial charge is 0.393 e. The summed E-state index contributed by atoms with van der Waals surface area (Å²) in [6.07, 6.45) is 8.63. The van der Waals surface area contributed by atoms with Crippen LogP contribution >= 0.6 is 0 Å². The number of pyridine rings is 1. The van der Waals surface area contributed by atoms with Crippen molar-refractivity contribution in [2.75, 3.05) is 0 Å². The number of aliphatic hydroxyl groups excluding tert-OH is 1. The van der Waals surface area contributed by atoms with Crippen LogP contribution in [0.5, 0.6) is 0 Å². The highest BCUT2D eigenvalue weighted by atomic mass is 16.3. The zero-order chi connectivity index (χ0) is 14.7. The molecule has 2 heteroatoms. The molecule has 0 spiro atoms. The third-order valence-electron chi connectivity index (χ3n) is 4.91. The smallest absolute Gasteiger partial charge is 0.0702 e. The van der Waals surface area contributed by atoms with Crippen LogP contribution in [0.3, 0.4) is 0 Å². The molecular formula is C19H25NO. The molecule has 21 heavy (non-hydrogen) atoms. The van der Waals surface area contributed by atoms with E-state index in [4.69, 9.17) is 0 Å². The van der Waals surface area contributed by atoms with E-state index >= 15 is 0 Å². The van der Waals surface area contributed by atoms with Crippen molar-refractivity contribution < 1.29 is 5.11 Å². The SMILES string of the molecule is CCCC1CCC(O)C(Cc2ccc3ncccc3c2)C1. The monoisotopic (exact) mass is 283 g/mol. The normalized spacial score (nSPS) is 26.1. The molecule has 1 saturated carbocycles. The average molecular weight is 283 g/mol. The van der Waals surface area contributed by atoms with Gasteiger partial charge in [0.15, 0.2) is 0 Å². The summed E-state index contributed by atoms with van der Waals surface area (Å²) in [6.45, 7) is 2.26. The first-order chi connectivity index (χ1) is 10.3. The molecule has 1 N–H and O–H groups in total. The highest BCUT2D eigenvalue weighted by Crippen LogP contribution is 2.34. The second-order valence-corrected chi connectivity index (χ2v) is 6.53. The topological polar surface area (TPSA) is 33.1 Å². The van der Waals surface area contributed by atoms with Crippen molar-refractivity contribution in [2.45, 2.75) is 51.6 Å². The number of hydrogen-bond acceptors (Lipinski definition) is 2.